The second-order valence-corrected chi connectivity index (χ2v) is 7.31. The van der Waals surface area contributed by atoms with Gasteiger partial charge in [0.25, 0.3) is 5.91 Å². The summed E-state index contributed by atoms with van der Waals surface area (Å²) in [5.74, 6) is -0.372. The summed E-state index contributed by atoms with van der Waals surface area (Å²) in [7, 11) is 0. The molecule has 1 fully saturated rings. The molecule has 1 amide bonds. The average molecular weight is 423 g/mol. The molecule has 29 heavy (non-hydrogen) atoms. The number of rotatable bonds is 6. The molecule has 0 atom stereocenters. The number of hydrogen-bond donors (Lipinski definition) is 1. The van der Waals surface area contributed by atoms with Gasteiger partial charge in [-0.15, -0.1) is 11.3 Å². The lowest BCUT2D eigenvalue weighted by molar-refractivity contribution is -0.196. The third kappa shape index (κ3) is 4.62. The molecule has 3 aromatic rings. The lowest BCUT2D eigenvalue weighted by atomic mass is 9.89. The lowest BCUT2D eigenvalue weighted by Crippen LogP contribution is -2.36. The van der Waals surface area contributed by atoms with E-state index in [1.807, 2.05) is 0 Å². The zero-order chi connectivity index (χ0) is 20.4. The minimum atomic E-state index is -4.34. The predicted octanol–water partition coefficient (Wildman–Crippen LogP) is 3.94. The SMILES string of the molecule is O=C(Nc1cn([C@H]2C[C@H](OCC(F)(F)F)C2)nc1-c1ccccn1)c1cscn1. The van der Waals surface area contributed by atoms with Gasteiger partial charge in [0.05, 0.1) is 29.0 Å². The molecule has 4 rings (SSSR count). The highest BCUT2D eigenvalue weighted by Gasteiger charge is 2.36. The molecule has 0 aliphatic heterocycles. The van der Waals surface area contributed by atoms with Crippen molar-refractivity contribution in [2.75, 3.05) is 11.9 Å². The van der Waals surface area contributed by atoms with Crippen LogP contribution in [0.4, 0.5) is 18.9 Å². The van der Waals surface area contributed by atoms with Crippen molar-refractivity contribution >= 4 is 22.9 Å². The van der Waals surface area contributed by atoms with Crippen molar-refractivity contribution in [3.05, 3.63) is 47.2 Å². The Kier molecular flexibility index (Phi) is 5.33. The fourth-order valence-corrected chi connectivity index (χ4v) is 3.51. The number of ether oxygens (including phenoxy) is 1. The Morgan fingerprint density at radius 2 is 2.14 bits per heavy atom. The number of nitrogens with one attached hydrogen (secondary N) is 1. The first kappa shape index (κ1) is 19.5. The zero-order valence-electron chi connectivity index (χ0n) is 15.0. The van der Waals surface area contributed by atoms with Gasteiger partial charge in [0.2, 0.25) is 0 Å². The maximum Gasteiger partial charge on any atom is 0.411 e. The van der Waals surface area contributed by atoms with Crippen LogP contribution in [0.3, 0.4) is 0 Å². The summed E-state index contributed by atoms with van der Waals surface area (Å²) in [5, 5.41) is 8.95. The first-order valence-corrected chi connectivity index (χ1v) is 9.72. The molecule has 0 radical (unpaired) electrons. The minimum Gasteiger partial charge on any atom is -0.369 e. The highest BCUT2D eigenvalue weighted by molar-refractivity contribution is 7.07. The molecule has 1 saturated carbocycles. The Labute approximate surface area is 167 Å². The number of alkyl halides is 3. The molecule has 3 aromatic heterocycles. The third-order valence-corrected chi connectivity index (χ3v) is 5.07. The van der Waals surface area contributed by atoms with E-state index in [-0.39, 0.29) is 11.9 Å². The number of anilines is 1. The zero-order valence-corrected chi connectivity index (χ0v) is 15.8. The summed E-state index contributed by atoms with van der Waals surface area (Å²) in [6.07, 6.45) is -0.686. The van der Waals surface area contributed by atoms with Gasteiger partial charge in [-0.25, -0.2) is 4.98 Å². The molecule has 7 nitrogen and oxygen atoms in total. The van der Waals surface area contributed by atoms with Crippen molar-refractivity contribution in [2.24, 2.45) is 0 Å². The summed E-state index contributed by atoms with van der Waals surface area (Å²) < 4.78 is 43.4. The quantitative estimate of drug-likeness (QED) is 0.650. The second kappa shape index (κ2) is 7.91. The van der Waals surface area contributed by atoms with Gasteiger partial charge >= 0.3 is 6.18 Å². The summed E-state index contributed by atoms with van der Waals surface area (Å²) in [6.45, 7) is -1.25. The smallest absolute Gasteiger partial charge is 0.369 e. The third-order valence-electron chi connectivity index (χ3n) is 4.48. The van der Waals surface area contributed by atoms with E-state index in [2.05, 4.69) is 20.4 Å². The number of thiazole rings is 1. The van der Waals surface area contributed by atoms with Crippen LogP contribution < -0.4 is 5.32 Å². The number of carbonyl (C=O) groups excluding carboxylic acids is 1. The molecule has 3 heterocycles. The minimum absolute atomic E-state index is 0.111. The van der Waals surface area contributed by atoms with Crippen LogP contribution in [-0.4, -0.2) is 44.5 Å². The molecule has 1 N–H and O–H groups in total. The van der Waals surface area contributed by atoms with Gasteiger partial charge in [-0.05, 0) is 25.0 Å². The number of aromatic nitrogens is 4. The van der Waals surface area contributed by atoms with Crippen molar-refractivity contribution in [3.8, 4) is 11.4 Å². The molecule has 0 unspecified atom stereocenters. The maximum atomic E-state index is 12.4. The van der Waals surface area contributed by atoms with Crippen molar-refractivity contribution < 1.29 is 22.7 Å². The van der Waals surface area contributed by atoms with E-state index in [4.69, 9.17) is 4.74 Å². The van der Waals surface area contributed by atoms with E-state index < -0.39 is 18.9 Å². The largest absolute Gasteiger partial charge is 0.411 e. The van der Waals surface area contributed by atoms with Gasteiger partial charge in [-0.2, -0.15) is 18.3 Å². The molecule has 152 valence electrons. The monoisotopic (exact) mass is 423 g/mol. The molecule has 1 aliphatic rings. The van der Waals surface area contributed by atoms with Gasteiger partial charge in [0, 0.05) is 17.8 Å². The molecule has 11 heteroatoms. The number of pyridine rings is 1. The van der Waals surface area contributed by atoms with Crippen LogP contribution in [0.25, 0.3) is 11.4 Å². The first-order chi connectivity index (χ1) is 13.9. The Hall–Kier alpha value is -2.79. The van der Waals surface area contributed by atoms with E-state index >= 15 is 0 Å². The van der Waals surface area contributed by atoms with Crippen LogP contribution in [0.2, 0.25) is 0 Å². The molecule has 0 spiro atoms. The van der Waals surface area contributed by atoms with Gasteiger partial charge in [0.1, 0.15) is 18.0 Å². The van der Waals surface area contributed by atoms with Crippen LogP contribution in [0.15, 0.2) is 41.5 Å². The second-order valence-electron chi connectivity index (χ2n) is 6.59. The Morgan fingerprint density at radius 3 is 2.79 bits per heavy atom. The van der Waals surface area contributed by atoms with Gasteiger partial charge in [-0.3, -0.25) is 14.5 Å². The molecular weight excluding hydrogens is 407 g/mol. The van der Waals surface area contributed by atoms with Crippen molar-refractivity contribution in [2.45, 2.75) is 31.2 Å². The predicted molar refractivity (Wildman–Crippen MR) is 99.6 cm³/mol. The molecule has 0 aromatic carbocycles. The van der Waals surface area contributed by atoms with E-state index in [1.165, 1.54) is 11.3 Å². The summed E-state index contributed by atoms with van der Waals surface area (Å²) in [6, 6.07) is 5.22. The van der Waals surface area contributed by atoms with Gasteiger partial charge < -0.3 is 10.1 Å². The molecular formula is C18H16F3N5O2S. The highest BCUT2D eigenvalue weighted by Crippen LogP contribution is 2.37. The van der Waals surface area contributed by atoms with E-state index in [1.54, 1.807) is 46.2 Å². The Morgan fingerprint density at radius 1 is 1.31 bits per heavy atom. The summed E-state index contributed by atoms with van der Waals surface area (Å²) in [5.41, 5.74) is 3.37. The normalized spacial score (nSPS) is 19.0. The fraction of sp³-hybridized carbons (Fsp3) is 0.333. The number of carbonyl (C=O) groups is 1. The maximum absolute atomic E-state index is 12.4. The van der Waals surface area contributed by atoms with Crippen LogP contribution >= 0.6 is 11.3 Å². The van der Waals surface area contributed by atoms with E-state index in [0.29, 0.717) is 35.6 Å². The van der Waals surface area contributed by atoms with Crippen LogP contribution in [0.1, 0.15) is 29.4 Å². The van der Waals surface area contributed by atoms with Crippen LogP contribution in [0.5, 0.6) is 0 Å². The molecule has 1 aliphatic carbocycles. The Balaban J connectivity index is 1.51. The van der Waals surface area contributed by atoms with E-state index in [0.717, 1.165) is 0 Å². The summed E-state index contributed by atoms with van der Waals surface area (Å²) in [4.78, 5) is 20.7. The Bertz CT molecular complexity index is 969. The lowest BCUT2D eigenvalue weighted by Gasteiger charge is -2.35. The van der Waals surface area contributed by atoms with Crippen molar-refractivity contribution in [3.63, 3.8) is 0 Å². The number of hydrogen-bond acceptors (Lipinski definition) is 6. The summed E-state index contributed by atoms with van der Waals surface area (Å²) >= 11 is 1.31. The van der Waals surface area contributed by atoms with Crippen molar-refractivity contribution in [1.82, 2.24) is 19.7 Å². The standard InChI is InChI=1S/C18H16F3N5O2S/c19-18(20,21)9-28-12-5-11(6-12)26-7-14(24-17(27)15-8-29-10-23-15)16(25-26)13-3-1-2-4-22-13/h1-4,7-8,10-12H,5-6,9H2,(H,24,27)/t11-,12-. The number of nitrogens with zero attached hydrogens (tertiary/aromatic N) is 4. The number of amides is 1. The van der Waals surface area contributed by atoms with Crippen molar-refractivity contribution in [1.29, 1.82) is 0 Å². The highest BCUT2D eigenvalue weighted by atomic mass is 32.1. The number of halogens is 3. The topological polar surface area (TPSA) is 81.9 Å². The molecule has 0 saturated heterocycles. The average Bonchev–Trinajstić information content (AvgIpc) is 3.30. The van der Waals surface area contributed by atoms with Crippen LogP contribution in [0, 0.1) is 0 Å². The molecule has 0 bridgehead atoms. The fourth-order valence-electron chi connectivity index (χ4n) is 2.98. The van der Waals surface area contributed by atoms with Gasteiger partial charge in [-0.1, -0.05) is 6.07 Å². The van der Waals surface area contributed by atoms with E-state index in [9.17, 15) is 18.0 Å². The first-order valence-electron chi connectivity index (χ1n) is 8.77. The van der Waals surface area contributed by atoms with Crippen LogP contribution in [-0.2, 0) is 4.74 Å². The van der Waals surface area contributed by atoms with Gasteiger partial charge in [0.15, 0.2) is 0 Å².